The van der Waals surface area contributed by atoms with Crippen molar-refractivity contribution in [2.75, 3.05) is 29.5 Å². The Morgan fingerprint density at radius 1 is 0.900 bits per heavy atom. The van der Waals surface area contributed by atoms with Crippen molar-refractivity contribution in [3.05, 3.63) is 54.6 Å². The summed E-state index contributed by atoms with van der Waals surface area (Å²) in [6, 6.07) is 17.0. The minimum absolute atomic E-state index is 0.0807. The van der Waals surface area contributed by atoms with Crippen molar-refractivity contribution in [3.8, 4) is 0 Å². The maximum absolute atomic E-state index is 12.5. The van der Waals surface area contributed by atoms with E-state index in [1.54, 1.807) is 24.3 Å². The summed E-state index contributed by atoms with van der Waals surface area (Å²) in [5.74, 6) is 0.0834. The highest BCUT2D eigenvalue weighted by atomic mass is 32.2. The van der Waals surface area contributed by atoms with E-state index in [9.17, 15) is 9.59 Å². The molecular weight excluding hydrogens is 396 g/mol. The highest BCUT2D eigenvalue weighted by molar-refractivity contribution is 8.14. The summed E-state index contributed by atoms with van der Waals surface area (Å²) in [5.41, 5.74) is 2.30. The standard InChI is InChI=1S/C23H28N4O2S/c1-18(28)24-20-11-13-21(14-12-20)25-22(29)17-30-23(26-19-9-5-4-6-10-19)27-15-7-2-3-8-16-27/h4-6,9-14H,2-3,7-8,15-17H2,1H3,(H,24,28)(H,25,29). The Labute approximate surface area is 182 Å². The number of para-hydroxylation sites is 1. The van der Waals surface area contributed by atoms with E-state index in [4.69, 9.17) is 4.99 Å². The first kappa shape index (κ1) is 21.9. The second kappa shape index (κ2) is 11.4. The number of hydrogen-bond acceptors (Lipinski definition) is 4. The summed E-state index contributed by atoms with van der Waals surface area (Å²) in [7, 11) is 0. The van der Waals surface area contributed by atoms with Crippen LogP contribution < -0.4 is 10.6 Å². The number of nitrogens with one attached hydrogen (secondary N) is 2. The van der Waals surface area contributed by atoms with E-state index in [-0.39, 0.29) is 17.6 Å². The van der Waals surface area contributed by atoms with E-state index in [0.717, 1.165) is 36.8 Å². The fourth-order valence-electron chi connectivity index (χ4n) is 3.24. The Balaban J connectivity index is 1.62. The number of benzene rings is 2. The number of amides is 2. The molecular formula is C23H28N4O2S. The van der Waals surface area contributed by atoms with Crippen LogP contribution in [0.2, 0.25) is 0 Å². The smallest absolute Gasteiger partial charge is 0.234 e. The van der Waals surface area contributed by atoms with Gasteiger partial charge in [-0.25, -0.2) is 4.99 Å². The van der Waals surface area contributed by atoms with Crippen LogP contribution in [0.5, 0.6) is 0 Å². The fraction of sp³-hybridized carbons (Fsp3) is 0.348. The minimum atomic E-state index is -0.123. The van der Waals surface area contributed by atoms with Crippen LogP contribution in [0, 0.1) is 0 Å². The van der Waals surface area contributed by atoms with E-state index in [2.05, 4.69) is 15.5 Å². The van der Waals surface area contributed by atoms with E-state index in [0.29, 0.717) is 11.4 Å². The van der Waals surface area contributed by atoms with Crippen LogP contribution in [0.25, 0.3) is 0 Å². The lowest BCUT2D eigenvalue weighted by molar-refractivity contribution is -0.114. The molecule has 1 heterocycles. The van der Waals surface area contributed by atoms with E-state index in [1.165, 1.54) is 31.5 Å². The van der Waals surface area contributed by atoms with E-state index < -0.39 is 0 Å². The number of rotatable bonds is 5. The quantitative estimate of drug-likeness (QED) is 0.530. The van der Waals surface area contributed by atoms with Crippen molar-refractivity contribution >= 4 is 45.8 Å². The summed E-state index contributed by atoms with van der Waals surface area (Å²) >= 11 is 1.48. The predicted molar refractivity (Wildman–Crippen MR) is 125 cm³/mol. The normalized spacial score (nSPS) is 14.7. The first-order valence-electron chi connectivity index (χ1n) is 10.3. The molecule has 1 saturated heterocycles. The van der Waals surface area contributed by atoms with Gasteiger partial charge in [-0.2, -0.15) is 0 Å². The van der Waals surface area contributed by atoms with Gasteiger partial charge in [0.25, 0.3) is 0 Å². The lowest BCUT2D eigenvalue weighted by Crippen LogP contribution is -2.31. The predicted octanol–water partition coefficient (Wildman–Crippen LogP) is 4.88. The van der Waals surface area contributed by atoms with E-state index in [1.807, 2.05) is 30.3 Å². The highest BCUT2D eigenvalue weighted by Gasteiger charge is 2.16. The molecule has 6 nitrogen and oxygen atoms in total. The van der Waals surface area contributed by atoms with Crippen molar-refractivity contribution < 1.29 is 9.59 Å². The van der Waals surface area contributed by atoms with Crippen LogP contribution in [0.4, 0.5) is 17.1 Å². The third kappa shape index (κ3) is 7.22. The molecule has 1 aliphatic rings. The maximum Gasteiger partial charge on any atom is 0.234 e. The molecule has 3 rings (SSSR count). The van der Waals surface area contributed by atoms with Gasteiger partial charge in [0.2, 0.25) is 11.8 Å². The number of likely N-dealkylation sites (tertiary alicyclic amines) is 1. The lowest BCUT2D eigenvalue weighted by atomic mass is 10.2. The number of hydrogen-bond donors (Lipinski definition) is 2. The molecule has 1 aliphatic heterocycles. The largest absolute Gasteiger partial charge is 0.351 e. The Morgan fingerprint density at radius 2 is 1.50 bits per heavy atom. The van der Waals surface area contributed by atoms with Crippen molar-refractivity contribution in [2.45, 2.75) is 32.6 Å². The van der Waals surface area contributed by atoms with Gasteiger partial charge in [0, 0.05) is 31.4 Å². The Bertz CT molecular complexity index is 861. The second-order valence-corrected chi connectivity index (χ2v) is 8.17. The highest BCUT2D eigenvalue weighted by Crippen LogP contribution is 2.21. The number of thioether (sulfide) groups is 1. The molecule has 0 radical (unpaired) electrons. The van der Waals surface area contributed by atoms with Crippen LogP contribution in [0.15, 0.2) is 59.6 Å². The van der Waals surface area contributed by atoms with Gasteiger partial charge in [0.1, 0.15) is 0 Å². The molecule has 2 aromatic carbocycles. The maximum atomic E-state index is 12.5. The topological polar surface area (TPSA) is 73.8 Å². The molecule has 2 N–H and O–H groups in total. The van der Waals surface area contributed by atoms with Gasteiger partial charge in [-0.15, -0.1) is 0 Å². The zero-order chi connectivity index (χ0) is 21.2. The Kier molecular flexibility index (Phi) is 8.32. The Morgan fingerprint density at radius 3 is 2.10 bits per heavy atom. The van der Waals surface area contributed by atoms with Crippen molar-refractivity contribution in [1.29, 1.82) is 0 Å². The molecule has 158 valence electrons. The van der Waals surface area contributed by atoms with Crippen LogP contribution >= 0.6 is 11.8 Å². The molecule has 0 aromatic heterocycles. The van der Waals surface area contributed by atoms with Gasteiger partial charge >= 0.3 is 0 Å². The number of anilines is 2. The summed E-state index contributed by atoms with van der Waals surface area (Å²) in [5, 5.41) is 6.53. The average Bonchev–Trinajstić information content (AvgIpc) is 3.02. The Hall–Kier alpha value is -2.80. The van der Waals surface area contributed by atoms with Gasteiger partial charge in [-0.1, -0.05) is 42.8 Å². The van der Waals surface area contributed by atoms with Gasteiger partial charge in [0.05, 0.1) is 11.4 Å². The number of amidine groups is 1. The van der Waals surface area contributed by atoms with Crippen molar-refractivity contribution in [3.63, 3.8) is 0 Å². The molecule has 1 fully saturated rings. The lowest BCUT2D eigenvalue weighted by Gasteiger charge is -2.23. The van der Waals surface area contributed by atoms with Crippen LogP contribution in [0.3, 0.4) is 0 Å². The van der Waals surface area contributed by atoms with Crippen LogP contribution in [0.1, 0.15) is 32.6 Å². The monoisotopic (exact) mass is 424 g/mol. The number of carbonyl (C=O) groups is 2. The van der Waals surface area contributed by atoms with Crippen LogP contribution in [-0.2, 0) is 9.59 Å². The first-order valence-corrected chi connectivity index (χ1v) is 11.3. The fourth-order valence-corrected chi connectivity index (χ4v) is 4.10. The number of carbonyl (C=O) groups excluding carboxylic acids is 2. The molecule has 0 bridgehead atoms. The van der Waals surface area contributed by atoms with Crippen molar-refractivity contribution in [1.82, 2.24) is 4.90 Å². The molecule has 30 heavy (non-hydrogen) atoms. The summed E-state index contributed by atoms with van der Waals surface area (Å²) in [6.45, 7) is 3.42. The third-order valence-electron chi connectivity index (χ3n) is 4.68. The summed E-state index contributed by atoms with van der Waals surface area (Å²) in [4.78, 5) is 30.7. The summed E-state index contributed by atoms with van der Waals surface area (Å²) in [6.07, 6.45) is 4.80. The number of aliphatic imine (C=N–C) groups is 1. The zero-order valence-electron chi connectivity index (χ0n) is 17.3. The van der Waals surface area contributed by atoms with Gasteiger partial charge in [-0.05, 0) is 49.2 Å². The second-order valence-electron chi connectivity index (χ2n) is 7.23. The van der Waals surface area contributed by atoms with E-state index >= 15 is 0 Å². The molecule has 0 atom stereocenters. The molecule has 0 spiro atoms. The van der Waals surface area contributed by atoms with Crippen LogP contribution in [-0.4, -0.2) is 40.7 Å². The van der Waals surface area contributed by atoms with Gasteiger partial charge in [0.15, 0.2) is 5.17 Å². The molecule has 2 aromatic rings. The van der Waals surface area contributed by atoms with Gasteiger partial charge in [-0.3, -0.25) is 9.59 Å². The molecule has 0 unspecified atom stereocenters. The molecule has 0 aliphatic carbocycles. The number of nitrogens with zero attached hydrogens (tertiary/aromatic N) is 2. The molecule has 2 amide bonds. The molecule has 0 saturated carbocycles. The van der Waals surface area contributed by atoms with Gasteiger partial charge < -0.3 is 15.5 Å². The first-order chi connectivity index (χ1) is 14.6. The SMILES string of the molecule is CC(=O)Nc1ccc(NC(=O)CSC(=Nc2ccccc2)N2CCCCCC2)cc1. The molecule has 7 heteroatoms. The van der Waals surface area contributed by atoms with Crippen molar-refractivity contribution in [2.24, 2.45) is 4.99 Å². The third-order valence-corrected chi connectivity index (χ3v) is 5.69. The zero-order valence-corrected chi connectivity index (χ0v) is 18.1. The minimum Gasteiger partial charge on any atom is -0.351 e. The average molecular weight is 425 g/mol. The summed E-state index contributed by atoms with van der Waals surface area (Å²) < 4.78 is 0.